The average Bonchev–Trinajstić information content (AvgIpc) is 3.19. The van der Waals surface area contributed by atoms with Crippen molar-refractivity contribution < 1.29 is 13.9 Å². The summed E-state index contributed by atoms with van der Waals surface area (Å²) in [5, 5.41) is 1.06. The standard InChI is InChI=1S/C22H21NO4/c1-25-19-8-3-2-5-14(19)11-23-12-18-20(26-13-23)10-9-16-15-6-4-7-17(15)22(24)27-21(16)18/h2-3,5,8-10H,4,6-7,11-13H2,1H3. The van der Waals surface area contributed by atoms with E-state index in [1.807, 2.05) is 30.3 Å². The van der Waals surface area contributed by atoms with Crippen molar-refractivity contribution in [2.24, 2.45) is 0 Å². The molecule has 5 rings (SSSR count). The number of rotatable bonds is 3. The number of para-hydroxylation sites is 1. The van der Waals surface area contributed by atoms with Gasteiger partial charge in [0.25, 0.3) is 0 Å². The van der Waals surface area contributed by atoms with Gasteiger partial charge in [-0.25, -0.2) is 4.79 Å². The van der Waals surface area contributed by atoms with Crippen LogP contribution in [0, 0.1) is 0 Å². The van der Waals surface area contributed by atoms with E-state index in [1.165, 1.54) is 0 Å². The van der Waals surface area contributed by atoms with Crippen LogP contribution < -0.4 is 15.1 Å². The Kier molecular flexibility index (Phi) is 3.90. The second-order valence-corrected chi connectivity index (χ2v) is 7.19. The van der Waals surface area contributed by atoms with Gasteiger partial charge in [-0.05, 0) is 43.0 Å². The van der Waals surface area contributed by atoms with E-state index >= 15 is 0 Å². The highest BCUT2D eigenvalue weighted by molar-refractivity contribution is 5.86. The first-order valence-corrected chi connectivity index (χ1v) is 9.32. The van der Waals surface area contributed by atoms with Crippen molar-refractivity contribution >= 4 is 11.0 Å². The lowest BCUT2D eigenvalue weighted by Gasteiger charge is -2.29. The summed E-state index contributed by atoms with van der Waals surface area (Å²) < 4.78 is 17.2. The third kappa shape index (κ3) is 2.70. The van der Waals surface area contributed by atoms with Gasteiger partial charge in [0.1, 0.15) is 23.8 Å². The van der Waals surface area contributed by atoms with Gasteiger partial charge in [-0.15, -0.1) is 0 Å². The van der Waals surface area contributed by atoms with Gasteiger partial charge < -0.3 is 13.9 Å². The molecule has 0 fully saturated rings. The van der Waals surface area contributed by atoms with Crippen molar-refractivity contribution in [3.63, 3.8) is 0 Å². The molecule has 2 aliphatic rings. The predicted octanol–water partition coefficient (Wildman–Crippen LogP) is 3.64. The molecule has 27 heavy (non-hydrogen) atoms. The summed E-state index contributed by atoms with van der Waals surface area (Å²) in [7, 11) is 1.68. The van der Waals surface area contributed by atoms with E-state index in [0.717, 1.165) is 58.4 Å². The molecule has 0 unspecified atom stereocenters. The van der Waals surface area contributed by atoms with Crippen LogP contribution in [0.15, 0.2) is 45.6 Å². The highest BCUT2D eigenvalue weighted by Gasteiger charge is 2.26. The zero-order valence-electron chi connectivity index (χ0n) is 15.3. The SMILES string of the molecule is COc1ccccc1CN1COc2ccc3c4c(c(=O)oc3c2C1)CCC4. The predicted molar refractivity (Wildman–Crippen MR) is 102 cm³/mol. The summed E-state index contributed by atoms with van der Waals surface area (Å²) in [5.41, 5.74) is 4.57. The minimum Gasteiger partial charge on any atom is -0.496 e. The summed E-state index contributed by atoms with van der Waals surface area (Å²) in [6.07, 6.45) is 2.79. The first kappa shape index (κ1) is 16.4. The Morgan fingerprint density at radius 1 is 1.07 bits per heavy atom. The van der Waals surface area contributed by atoms with Gasteiger partial charge in [-0.1, -0.05) is 18.2 Å². The van der Waals surface area contributed by atoms with Crippen LogP contribution in [0.1, 0.15) is 28.7 Å². The first-order chi connectivity index (χ1) is 13.2. The largest absolute Gasteiger partial charge is 0.496 e. The maximum absolute atomic E-state index is 12.4. The zero-order chi connectivity index (χ0) is 18.4. The third-order valence-corrected chi connectivity index (χ3v) is 5.57. The van der Waals surface area contributed by atoms with Crippen LogP contribution in [0.5, 0.6) is 11.5 Å². The molecule has 2 heterocycles. The fraction of sp³-hybridized carbons (Fsp3) is 0.318. The van der Waals surface area contributed by atoms with Crippen molar-refractivity contribution in [3.05, 3.63) is 69.1 Å². The molecule has 5 nitrogen and oxygen atoms in total. The molecule has 0 saturated heterocycles. The van der Waals surface area contributed by atoms with Crippen LogP contribution in [0.3, 0.4) is 0 Å². The highest BCUT2D eigenvalue weighted by Crippen LogP contribution is 2.36. The van der Waals surface area contributed by atoms with Crippen LogP contribution in [-0.2, 0) is 25.9 Å². The van der Waals surface area contributed by atoms with Gasteiger partial charge in [0.15, 0.2) is 0 Å². The number of hydrogen-bond acceptors (Lipinski definition) is 5. The Morgan fingerprint density at radius 2 is 1.93 bits per heavy atom. The van der Waals surface area contributed by atoms with E-state index in [0.29, 0.717) is 25.4 Å². The molecule has 0 atom stereocenters. The minimum absolute atomic E-state index is 0.190. The fourth-order valence-electron chi connectivity index (χ4n) is 4.28. The lowest BCUT2D eigenvalue weighted by atomic mass is 10.0. The van der Waals surface area contributed by atoms with Crippen LogP contribution in [0.25, 0.3) is 11.0 Å². The molecule has 2 aromatic carbocycles. The topological polar surface area (TPSA) is 51.9 Å². The van der Waals surface area contributed by atoms with Gasteiger partial charge in [0.05, 0.1) is 12.7 Å². The van der Waals surface area contributed by atoms with Crippen molar-refractivity contribution in [1.82, 2.24) is 4.90 Å². The van der Waals surface area contributed by atoms with E-state index < -0.39 is 0 Å². The average molecular weight is 363 g/mol. The lowest BCUT2D eigenvalue weighted by molar-refractivity contribution is 0.0882. The number of ether oxygens (including phenoxy) is 2. The maximum Gasteiger partial charge on any atom is 0.339 e. The number of nitrogens with zero attached hydrogens (tertiary/aromatic N) is 1. The summed E-state index contributed by atoms with van der Waals surface area (Å²) in [5.74, 6) is 1.67. The Balaban J connectivity index is 1.54. The fourth-order valence-corrected chi connectivity index (χ4v) is 4.28. The second kappa shape index (κ2) is 6.43. The van der Waals surface area contributed by atoms with E-state index in [-0.39, 0.29) is 5.63 Å². The van der Waals surface area contributed by atoms with Gasteiger partial charge in [0.2, 0.25) is 0 Å². The Morgan fingerprint density at radius 3 is 2.81 bits per heavy atom. The van der Waals surface area contributed by atoms with Crippen molar-refractivity contribution in [1.29, 1.82) is 0 Å². The van der Waals surface area contributed by atoms with E-state index in [9.17, 15) is 4.79 Å². The highest BCUT2D eigenvalue weighted by atomic mass is 16.5. The first-order valence-electron chi connectivity index (χ1n) is 9.32. The normalized spacial score (nSPS) is 16.0. The van der Waals surface area contributed by atoms with E-state index in [4.69, 9.17) is 13.9 Å². The molecule has 0 N–H and O–H groups in total. The maximum atomic E-state index is 12.4. The molecule has 1 aromatic heterocycles. The zero-order valence-corrected chi connectivity index (χ0v) is 15.3. The quantitative estimate of drug-likeness (QED) is 0.665. The molecular formula is C22H21NO4. The van der Waals surface area contributed by atoms with Crippen LogP contribution in [-0.4, -0.2) is 18.7 Å². The van der Waals surface area contributed by atoms with Gasteiger partial charge in [-0.2, -0.15) is 0 Å². The van der Waals surface area contributed by atoms with E-state index in [1.54, 1.807) is 7.11 Å². The van der Waals surface area contributed by atoms with Crippen LogP contribution >= 0.6 is 0 Å². The van der Waals surface area contributed by atoms with Gasteiger partial charge >= 0.3 is 5.63 Å². The van der Waals surface area contributed by atoms with Gasteiger partial charge in [0, 0.05) is 29.6 Å². The molecule has 0 bridgehead atoms. The molecule has 0 spiro atoms. The van der Waals surface area contributed by atoms with E-state index in [2.05, 4.69) is 11.0 Å². The Bertz CT molecular complexity index is 1090. The van der Waals surface area contributed by atoms with Crippen molar-refractivity contribution in [2.45, 2.75) is 32.4 Å². The molecule has 0 amide bonds. The molecular weight excluding hydrogens is 342 g/mol. The molecule has 3 aromatic rings. The number of methoxy groups -OCH3 is 1. The molecule has 1 aliphatic carbocycles. The summed E-state index contributed by atoms with van der Waals surface area (Å²) >= 11 is 0. The molecule has 0 radical (unpaired) electrons. The van der Waals surface area contributed by atoms with Crippen LogP contribution in [0.4, 0.5) is 0 Å². The van der Waals surface area contributed by atoms with Crippen molar-refractivity contribution in [3.8, 4) is 11.5 Å². The molecule has 1 aliphatic heterocycles. The molecule has 0 saturated carbocycles. The lowest BCUT2D eigenvalue weighted by Crippen LogP contribution is -2.32. The Labute approximate surface area is 157 Å². The third-order valence-electron chi connectivity index (χ3n) is 5.57. The molecule has 138 valence electrons. The number of aryl methyl sites for hydroxylation is 1. The number of benzene rings is 2. The van der Waals surface area contributed by atoms with Gasteiger partial charge in [-0.3, -0.25) is 4.90 Å². The monoisotopic (exact) mass is 363 g/mol. The summed E-state index contributed by atoms with van der Waals surface area (Å²) in [6.45, 7) is 1.87. The van der Waals surface area contributed by atoms with Crippen molar-refractivity contribution in [2.75, 3.05) is 13.8 Å². The minimum atomic E-state index is -0.190. The summed E-state index contributed by atoms with van der Waals surface area (Å²) in [4.78, 5) is 14.6. The number of hydrogen-bond donors (Lipinski definition) is 0. The summed E-state index contributed by atoms with van der Waals surface area (Å²) in [6, 6.07) is 12.0. The molecule has 5 heteroatoms. The Hall–Kier alpha value is -2.79. The number of fused-ring (bicyclic) bond motifs is 5. The van der Waals surface area contributed by atoms with Crippen LogP contribution in [0.2, 0.25) is 0 Å². The smallest absolute Gasteiger partial charge is 0.339 e. The second-order valence-electron chi connectivity index (χ2n) is 7.19.